The molecule has 0 aliphatic carbocycles. The maximum absolute atomic E-state index is 13.1. The number of nitrogens with zero attached hydrogens (tertiary/aromatic N) is 2. The first-order valence-corrected chi connectivity index (χ1v) is 5.90. The van der Waals surface area contributed by atoms with Crippen LogP contribution >= 0.6 is 0 Å². The van der Waals surface area contributed by atoms with Crippen molar-refractivity contribution in [3.05, 3.63) is 57.9 Å². The number of benzene rings is 1. The standard InChI is InChI=1S/C13H13FN4O2/c1-8(9-3-2-4-10(14)7-9)16-12-6-5-11(18(19)20)13(15)17-12/h2-8H,1H3,(H3,15,16,17). The van der Waals surface area contributed by atoms with Gasteiger partial charge in [0.2, 0.25) is 5.82 Å². The lowest BCUT2D eigenvalue weighted by Crippen LogP contribution is -2.09. The highest BCUT2D eigenvalue weighted by Gasteiger charge is 2.14. The lowest BCUT2D eigenvalue weighted by Gasteiger charge is -2.15. The second kappa shape index (κ2) is 5.52. The summed E-state index contributed by atoms with van der Waals surface area (Å²) in [6, 6.07) is 8.69. The second-order valence-electron chi connectivity index (χ2n) is 4.28. The molecule has 0 aliphatic rings. The summed E-state index contributed by atoms with van der Waals surface area (Å²) in [5.74, 6) is -0.0939. The van der Waals surface area contributed by atoms with Crippen molar-refractivity contribution in [1.82, 2.24) is 4.98 Å². The van der Waals surface area contributed by atoms with Gasteiger partial charge in [0.25, 0.3) is 0 Å². The van der Waals surface area contributed by atoms with Crippen LogP contribution in [-0.4, -0.2) is 9.91 Å². The van der Waals surface area contributed by atoms with Crippen molar-refractivity contribution in [3.63, 3.8) is 0 Å². The van der Waals surface area contributed by atoms with Crippen molar-refractivity contribution in [2.45, 2.75) is 13.0 Å². The Labute approximate surface area is 114 Å². The zero-order valence-corrected chi connectivity index (χ0v) is 10.7. The average Bonchev–Trinajstić information content (AvgIpc) is 2.38. The Bertz CT molecular complexity index is 648. The monoisotopic (exact) mass is 276 g/mol. The van der Waals surface area contributed by atoms with Gasteiger partial charge in [-0.05, 0) is 30.7 Å². The predicted molar refractivity (Wildman–Crippen MR) is 73.7 cm³/mol. The summed E-state index contributed by atoms with van der Waals surface area (Å²) in [4.78, 5) is 14.0. The molecule has 104 valence electrons. The molecule has 2 rings (SSSR count). The molecule has 3 N–H and O–H groups in total. The van der Waals surface area contributed by atoms with Crippen molar-refractivity contribution in [3.8, 4) is 0 Å². The van der Waals surface area contributed by atoms with Gasteiger partial charge >= 0.3 is 5.69 Å². The van der Waals surface area contributed by atoms with E-state index in [0.717, 1.165) is 5.56 Å². The van der Waals surface area contributed by atoms with Crippen LogP contribution in [0.4, 0.5) is 21.7 Å². The van der Waals surface area contributed by atoms with Gasteiger partial charge < -0.3 is 11.1 Å². The Morgan fingerprint density at radius 1 is 1.40 bits per heavy atom. The van der Waals surface area contributed by atoms with Crippen LogP contribution in [0.5, 0.6) is 0 Å². The molecule has 1 heterocycles. The highest BCUT2D eigenvalue weighted by atomic mass is 19.1. The summed E-state index contributed by atoms with van der Waals surface area (Å²) in [6.07, 6.45) is 0. The van der Waals surface area contributed by atoms with Gasteiger partial charge in [0.15, 0.2) is 0 Å². The van der Waals surface area contributed by atoms with Gasteiger partial charge in [0, 0.05) is 6.07 Å². The number of anilines is 2. The molecule has 2 aromatic rings. The Morgan fingerprint density at radius 2 is 2.15 bits per heavy atom. The molecule has 0 spiro atoms. The number of aromatic nitrogens is 1. The van der Waals surface area contributed by atoms with E-state index in [1.165, 1.54) is 24.3 Å². The minimum Gasteiger partial charge on any atom is -0.378 e. The third-order valence-electron chi connectivity index (χ3n) is 2.81. The zero-order valence-electron chi connectivity index (χ0n) is 10.7. The van der Waals surface area contributed by atoms with Crippen LogP contribution in [0.1, 0.15) is 18.5 Å². The summed E-state index contributed by atoms with van der Waals surface area (Å²) in [5, 5.41) is 13.6. The number of nitro groups is 1. The molecule has 1 aromatic carbocycles. The van der Waals surface area contributed by atoms with Crippen LogP contribution in [0.25, 0.3) is 0 Å². The fraction of sp³-hybridized carbons (Fsp3) is 0.154. The summed E-state index contributed by atoms with van der Waals surface area (Å²) < 4.78 is 13.1. The summed E-state index contributed by atoms with van der Waals surface area (Å²) in [5.41, 5.74) is 6.01. The second-order valence-corrected chi connectivity index (χ2v) is 4.28. The summed E-state index contributed by atoms with van der Waals surface area (Å²) in [7, 11) is 0. The molecule has 6 nitrogen and oxygen atoms in total. The van der Waals surface area contributed by atoms with Crippen LogP contribution < -0.4 is 11.1 Å². The first-order valence-electron chi connectivity index (χ1n) is 5.90. The normalized spacial score (nSPS) is 11.9. The lowest BCUT2D eigenvalue weighted by molar-refractivity contribution is -0.384. The Balaban J connectivity index is 2.18. The molecule has 0 saturated heterocycles. The number of rotatable bonds is 4. The fourth-order valence-electron chi connectivity index (χ4n) is 1.78. The van der Waals surface area contributed by atoms with E-state index in [9.17, 15) is 14.5 Å². The van der Waals surface area contributed by atoms with Gasteiger partial charge in [-0.25, -0.2) is 9.37 Å². The molecule has 7 heteroatoms. The molecule has 0 radical (unpaired) electrons. The molecule has 0 aliphatic heterocycles. The van der Waals surface area contributed by atoms with Crippen molar-refractivity contribution >= 4 is 17.3 Å². The first-order chi connectivity index (χ1) is 9.47. The fourth-order valence-corrected chi connectivity index (χ4v) is 1.78. The van der Waals surface area contributed by atoms with Crippen LogP contribution in [0.3, 0.4) is 0 Å². The molecule has 20 heavy (non-hydrogen) atoms. The van der Waals surface area contributed by atoms with E-state index in [4.69, 9.17) is 5.73 Å². The number of pyridine rings is 1. The maximum Gasteiger partial charge on any atom is 0.311 e. The number of nitrogen functional groups attached to an aromatic ring is 1. The van der Waals surface area contributed by atoms with Gasteiger partial charge in [-0.1, -0.05) is 12.1 Å². The molecular weight excluding hydrogens is 263 g/mol. The molecule has 0 bridgehead atoms. The minimum absolute atomic E-state index is 0.161. The van der Waals surface area contributed by atoms with Crippen molar-refractivity contribution in [2.24, 2.45) is 0 Å². The third kappa shape index (κ3) is 3.00. The van der Waals surface area contributed by atoms with Gasteiger partial charge in [-0.15, -0.1) is 0 Å². The third-order valence-corrected chi connectivity index (χ3v) is 2.81. The van der Waals surface area contributed by atoms with Gasteiger partial charge in [-0.3, -0.25) is 10.1 Å². The number of nitrogens with two attached hydrogens (primary N) is 1. The summed E-state index contributed by atoms with van der Waals surface area (Å²) >= 11 is 0. The number of nitrogens with one attached hydrogen (secondary N) is 1. The van der Waals surface area contributed by atoms with Crippen molar-refractivity contribution in [2.75, 3.05) is 11.1 Å². The largest absolute Gasteiger partial charge is 0.378 e. The van der Waals surface area contributed by atoms with E-state index < -0.39 is 4.92 Å². The van der Waals surface area contributed by atoms with Gasteiger partial charge in [-0.2, -0.15) is 0 Å². The highest BCUT2D eigenvalue weighted by molar-refractivity contribution is 5.57. The average molecular weight is 276 g/mol. The molecule has 1 aromatic heterocycles. The molecule has 1 atom stereocenters. The SMILES string of the molecule is CC(Nc1ccc([N+](=O)[O-])c(N)n1)c1cccc(F)c1. The number of hydrogen-bond acceptors (Lipinski definition) is 5. The molecule has 1 unspecified atom stereocenters. The van der Waals surface area contributed by atoms with E-state index in [2.05, 4.69) is 10.3 Å². The van der Waals surface area contributed by atoms with Crippen LogP contribution in [0, 0.1) is 15.9 Å². The van der Waals surface area contributed by atoms with E-state index in [1.54, 1.807) is 12.1 Å². The first kappa shape index (κ1) is 13.7. The van der Waals surface area contributed by atoms with Crippen LogP contribution in [-0.2, 0) is 0 Å². The lowest BCUT2D eigenvalue weighted by atomic mass is 10.1. The zero-order chi connectivity index (χ0) is 14.7. The number of hydrogen-bond donors (Lipinski definition) is 2. The van der Waals surface area contributed by atoms with E-state index in [1.807, 2.05) is 6.92 Å². The summed E-state index contributed by atoms with van der Waals surface area (Å²) in [6.45, 7) is 1.83. The molecule has 0 fully saturated rings. The minimum atomic E-state index is -0.595. The van der Waals surface area contributed by atoms with Crippen LogP contribution in [0.2, 0.25) is 0 Å². The van der Waals surface area contributed by atoms with Crippen molar-refractivity contribution < 1.29 is 9.31 Å². The maximum atomic E-state index is 13.1. The Hall–Kier alpha value is -2.70. The highest BCUT2D eigenvalue weighted by Crippen LogP contribution is 2.24. The molecule has 0 saturated carbocycles. The Morgan fingerprint density at radius 3 is 2.75 bits per heavy atom. The van der Waals surface area contributed by atoms with Gasteiger partial charge in [0.05, 0.1) is 11.0 Å². The van der Waals surface area contributed by atoms with Crippen molar-refractivity contribution in [1.29, 1.82) is 0 Å². The smallest absolute Gasteiger partial charge is 0.311 e. The van der Waals surface area contributed by atoms with Gasteiger partial charge in [0.1, 0.15) is 11.6 Å². The topological polar surface area (TPSA) is 94.1 Å². The van der Waals surface area contributed by atoms with E-state index >= 15 is 0 Å². The van der Waals surface area contributed by atoms with E-state index in [0.29, 0.717) is 5.82 Å². The predicted octanol–water partition coefficient (Wildman–Crippen LogP) is 2.88. The van der Waals surface area contributed by atoms with E-state index in [-0.39, 0.29) is 23.4 Å². The van der Waals surface area contributed by atoms with Crippen LogP contribution in [0.15, 0.2) is 36.4 Å². The number of halogens is 1. The quantitative estimate of drug-likeness (QED) is 0.661. The Kier molecular flexibility index (Phi) is 3.79. The molecule has 0 amide bonds. The molecular formula is C13H13FN4O2.